The largest absolute Gasteiger partial charge is 0.295 e. The summed E-state index contributed by atoms with van der Waals surface area (Å²) in [5, 5.41) is 1.25. The van der Waals surface area contributed by atoms with Crippen molar-refractivity contribution in [2.24, 2.45) is 0 Å². The van der Waals surface area contributed by atoms with Crippen molar-refractivity contribution in [3.8, 4) is 0 Å². The minimum Gasteiger partial charge on any atom is -0.282 e. The zero-order chi connectivity index (χ0) is 32.5. The van der Waals surface area contributed by atoms with E-state index in [0.29, 0.717) is 10.8 Å². The van der Waals surface area contributed by atoms with Crippen LogP contribution in [0, 0.1) is 0 Å². The Bertz CT molecular complexity index is 2210. The zero-order valence-corrected chi connectivity index (χ0v) is 25.3. The van der Waals surface area contributed by atoms with Crippen LogP contribution in [-0.2, 0) is 40.5 Å². The molecule has 0 fully saturated rings. The van der Waals surface area contributed by atoms with Gasteiger partial charge in [0.2, 0.25) is 0 Å². The molecule has 0 radical (unpaired) electrons. The van der Waals surface area contributed by atoms with Gasteiger partial charge < -0.3 is 0 Å². The number of hydrogen-bond donors (Lipinski definition) is 4. The average Bonchev–Trinajstić information content (AvgIpc) is 2.94. The van der Waals surface area contributed by atoms with Crippen LogP contribution in [0.4, 0.5) is 0 Å². The van der Waals surface area contributed by atoms with Crippen LogP contribution in [0.2, 0.25) is 0 Å². The Kier molecular flexibility index (Phi) is 9.11. The van der Waals surface area contributed by atoms with E-state index in [4.69, 9.17) is 9.11 Å². The maximum Gasteiger partial charge on any atom is 0.295 e. The third kappa shape index (κ3) is 7.74. The Morgan fingerprint density at radius 2 is 0.636 bits per heavy atom. The van der Waals surface area contributed by atoms with E-state index in [-0.39, 0.29) is 41.5 Å². The summed E-state index contributed by atoms with van der Waals surface area (Å²) in [7, 11) is -17.6. The molecular formula is C28H22O12S4. The summed E-state index contributed by atoms with van der Waals surface area (Å²) in [6.07, 6.45) is 2.68. The highest BCUT2D eigenvalue weighted by Gasteiger charge is 2.17. The van der Waals surface area contributed by atoms with Crippen molar-refractivity contribution in [1.82, 2.24) is 0 Å². The first kappa shape index (κ1) is 32.9. The van der Waals surface area contributed by atoms with Gasteiger partial charge in [0, 0.05) is 0 Å². The molecule has 8 rings (SSSR count). The van der Waals surface area contributed by atoms with Crippen molar-refractivity contribution >= 4 is 74.2 Å². The zero-order valence-electron chi connectivity index (χ0n) is 22.1. The first-order valence-electron chi connectivity index (χ1n) is 12.1. The summed E-state index contributed by atoms with van der Waals surface area (Å²) in [4.78, 5) is -1.12. The lowest BCUT2D eigenvalue weighted by molar-refractivity contribution is 0.480. The van der Waals surface area contributed by atoms with Crippen molar-refractivity contribution in [3.05, 3.63) is 108 Å². The molecule has 0 saturated carbocycles. The molecule has 230 valence electrons. The molecule has 0 unspecified atom stereocenters. The van der Waals surface area contributed by atoms with E-state index in [1.807, 2.05) is 0 Å². The van der Waals surface area contributed by atoms with E-state index in [1.165, 1.54) is 84.9 Å². The predicted molar refractivity (Wildman–Crippen MR) is 163 cm³/mol. The Morgan fingerprint density at radius 3 is 0.932 bits per heavy atom. The lowest BCUT2D eigenvalue weighted by Gasteiger charge is -2.06. The molecule has 0 aliphatic carbocycles. The second kappa shape index (κ2) is 12.2. The van der Waals surface area contributed by atoms with Gasteiger partial charge in [0.25, 0.3) is 40.5 Å². The lowest BCUT2D eigenvalue weighted by atomic mass is 10.1. The van der Waals surface area contributed by atoms with Gasteiger partial charge in [-0.25, -0.2) is 0 Å². The van der Waals surface area contributed by atoms with Gasteiger partial charge in [-0.15, -0.1) is 0 Å². The highest BCUT2D eigenvalue weighted by atomic mass is 32.2. The quantitative estimate of drug-likeness (QED) is 0.140. The SMILES string of the molecule is O=S(=O)(O)c1cc2ccc1ccc1ccc2cc1S(=O)(=O)O.O=S(=O)(O)c1ccccc1C=Cc1ccccc1S(=O)(=O)O. The van der Waals surface area contributed by atoms with Crippen LogP contribution < -0.4 is 0 Å². The van der Waals surface area contributed by atoms with Gasteiger partial charge in [-0.05, 0) is 56.9 Å². The van der Waals surface area contributed by atoms with Gasteiger partial charge in [0.15, 0.2) is 0 Å². The van der Waals surface area contributed by atoms with Crippen molar-refractivity contribution in [1.29, 1.82) is 0 Å². The third-order valence-corrected chi connectivity index (χ3v) is 9.87. The topological polar surface area (TPSA) is 217 Å². The fraction of sp³-hybridized carbons (Fsp3) is 0. The Morgan fingerprint density at radius 1 is 0.364 bits per heavy atom. The highest BCUT2D eigenvalue weighted by Crippen LogP contribution is 2.27. The molecule has 8 aromatic rings. The predicted octanol–water partition coefficient (Wildman–Crippen LogP) is 4.84. The lowest BCUT2D eigenvalue weighted by Crippen LogP contribution is -2.01. The van der Waals surface area contributed by atoms with Crippen LogP contribution in [0.1, 0.15) is 11.1 Å². The van der Waals surface area contributed by atoms with Gasteiger partial charge in [-0.3, -0.25) is 18.2 Å². The summed E-state index contributed by atoms with van der Waals surface area (Å²) >= 11 is 0. The van der Waals surface area contributed by atoms with Crippen molar-refractivity contribution in [2.75, 3.05) is 0 Å². The summed E-state index contributed by atoms with van der Waals surface area (Å²) in [6, 6.07) is 22.9. The third-order valence-electron chi connectivity index (χ3n) is 6.20. The van der Waals surface area contributed by atoms with Crippen LogP contribution >= 0.6 is 0 Å². The van der Waals surface area contributed by atoms with Gasteiger partial charge in [0.1, 0.15) is 19.6 Å². The Balaban J connectivity index is 0.000000201. The van der Waals surface area contributed by atoms with Crippen LogP contribution in [0.3, 0.4) is 0 Å². The summed E-state index contributed by atoms with van der Waals surface area (Å²) in [6.45, 7) is 0. The fourth-order valence-electron chi connectivity index (χ4n) is 4.22. The maximum absolute atomic E-state index is 11.5. The van der Waals surface area contributed by atoms with Crippen molar-refractivity contribution in [2.45, 2.75) is 19.6 Å². The molecule has 0 amide bonds. The molecule has 12 nitrogen and oxygen atoms in total. The van der Waals surface area contributed by atoms with E-state index in [2.05, 4.69) is 0 Å². The van der Waals surface area contributed by atoms with E-state index in [9.17, 15) is 42.8 Å². The van der Waals surface area contributed by atoms with Gasteiger partial charge >= 0.3 is 0 Å². The molecule has 8 aromatic carbocycles. The molecule has 44 heavy (non-hydrogen) atoms. The van der Waals surface area contributed by atoms with Crippen molar-refractivity contribution in [3.63, 3.8) is 0 Å². The van der Waals surface area contributed by atoms with Crippen molar-refractivity contribution < 1.29 is 51.9 Å². The van der Waals surface area contributed by atoms with E-state index in [0.717, 1.165) is 0 Å². The second-order valence-electron chi connectivity index (χ2n) is 9.15. The van der Waals surface area contributed by atoms with E-state index < -0.39 is 40.5 Å². The molecule has 0 aliphatic heterocycles. The van der Waals surface area contributed by atoms with Crippen LogP contribution in [0.25, 0.3) is 33.7 Å². The Labute approximate surface area is 252 Å². The molecule has 16 heteroatoms. The smallest absolute Gasteiger partial charge is 0.282 e. The highest BCUT2D eigenvalue weighted by molar-refractivity contribution is 7.86. The van der Waals surface area contributed by atoms with Gasteiger partial charge in [-0.2, -0.15) is 33.7 Å². The van der Waals surface area contributed by atoms with Gasteiger partial charge in [0.05, 0.1) is 0 Å². The van der Waals surface area contributed by atoms with Crippen LogP contribution in [0.5, 0.6) is 0 Å². The van der Waals surface area contributed by atoms with Crippen LogP contribution in [0.15, 0.2) is 117 Å². The molecule has 0 atom stereocenters. The number of benzene rings is 4. The second-order valence-corrected chi connectivity index (χ2v) is 14.7. The molecule has 0 heterocycles. The minimum atomic E-state index is -4.42. The molecule has 0 spiro atoms. The number of rotatable bonds is 6. The normalized spacial score (nSPS) is 12.7. The monoisotopic (exact) mass is 678 g/mol. The molecule has 4 bridgehead atoms. The molecule has 0 aliphatic rings. The van der Waals surface area contributed by atoms with E-state index in [1.54, 1.807) is 24.3 Å². The first-order valence-corrected chi connectivity index (χ1v) is 17.8. The molecule has 4 N–H and O–H groups in total. The average molecular weight is 679 g/mol. The summed E-state index contributed by atoms with van der Waals surface area (Å²) < 4.78 is 128. The fourth-order valence-corrected chi connectivity index (χ4v) is 7.00. The number of hydrogen-bond acceptors (Lipinski definition) is 8. The first-order chi connectivity index (χ1) is 20.4. The molecular weight excluding hydrogens is 657 g/mol. The maximum atomic E-state index is 11.5. The standard InChI is InChI=1S/C14H10O6S2.C14H12O6S2/c15-21(16,17)13-7-11-5-3-9(13)1-2-10-4-6-12(11)8-14(10)22(18,19)20;15-21(16,17)13-7-3-1-5-11(13)9-10-12-6-2-4-8-14(12)22(18,19)20/h1-8H,(H,15,16,17)(H,18,19,20);1-10H,(H,15,16,17)(H,18,19,20). The summed E-state index contributed by atoms with van der Waals surface area (Å²) in [5.41, 5.74) is 0.380. The molecule has 0 aromatic heterocycles. The van der Waals surface area contributed by atoms with Gasteiger partial charge in [-0.1, -0.05) is 84.9 Å². The summed E-state index contributed by atoms with van der Waals surface area (Å²) in [5.74, 6) is 0. The Hall–Kier alpha value is -4.00. The van der Waals surface area contributed by atoms with E-state index >= 15 is 0 Å². The minimum absolute atomic E-state index is 0.190. The molecule has 0 saturated heterocycles. The van der Waals surface area contributed by atoms with Crippen LogP contribution in [-0.4, -0.2) is 51.9 Å².